The van der Waals surface area contributed by atoms with Crippen molar-refractivity contribution in [3.8, 4) is 0 Å². The van der Waals surface area contributed by atoms with Gasteiger partial charge in [0.05, 0.1) is 6.10 Å². The molecule has 20 heavy (non-hydrogen) atoms. The molecule has 1 aromatic carbocycles. The van der Waals surface area contributed by atoms with E-state index in [-0.39, 0.29) is 6.10 Å². The van der Waals surface area contributed by atoms with Gasteiger partial charge in [0, 0.05) is 19.1 Å². The van der Waals surface area contributed by atoms with Crippen molar-refractivity contribution in [1.29, 1.82) is 0 Å². The van der Waals surface area contributed by atoms with E-state index in [4.69, 9.17) is 0 Å². The molecular formula is C17H26N2O. The van der Waals surface area contributed by atoms with Crippen LogP contribution >= 0.6 is 0 Å². The number of rotatable bonds is 7. The molecule has 2 unspecified atom stereocenters. The van der Waals surface area contributed by atoms with E-state index in [0.29, 0.717) is 12.6 Å². The molecule has 3 nitrogen and oxygen atoms in total. The quantitative estimate of drug-likeness (QED) is 0.800. The third-order valence-corrected chi connectivity index (χ3v) is 4.49. The fourth-order valence-corrected chi connectivity index (χ4v) is 3.24. The van der Waals surface area contributed by atoms with Crippen LogP contribution in [0.15, 0.2) is 30.3 Å². The average Bonchev–Trinajstić information content (AvgIpc) is 3.18. The first-order valence-corrected chi connectivity index (χ1v) is 8.01. The summed E-state index contributed by atoms with van der Waals surface area (Å²) in [6.45, 7) is 3.83. The Bertz CT molecular complexity index is 399. The average molecular weight is 274 g/mol. The third-order valence-electron chi connectivity index (χ3n) is 4.49. The van der Waals surface area contributed by atoms with Crippen molar-refractivity contribution >= 4 is 0 Å². The molecule has 2 atom stereocenters. The summed E-state index contributed by atoms with van der Waals surface area (Å²) in [7, 11) is 0. The second-order valence-corrected chi connectivity index (χ2v) is 6.30. The molecule has 1 saturated carbocycles. The topological polar surface area (TPSA) is 35.5 Å². The summed E-state index contributed by atoms with van der Waals surface area (Å²) >= 11 is 0. The molecule has 0 radical (unpaired) electrons. The number of benzene rings is 1. The maximum absolute atomic E-state index is 10.2. The van der Waals surface area contributed by atoms with Gasteiger partial charge in [-0.3, -0.25) is 0 Å². The van der Waals surface area contributed by atoms with E-state index >= 15 is 0 Å². The molecule has 2 aliphatic rings. The van der Waals surface area contributed by atoms with Gasteiger partial charge < -0.3 is 15.3 Å². The van der Waals surface area contributed by atoms with Gasteiger partial charge in [-0.25, -0.2) is 0 Å². The Kier molecular flexibility index (Phi) is 4.71. The van der Waals surface area contributed by atoms with Crippen LogP contribution in [0.25, 0.3) is 0 Å². The first-order valence-electron chi connectivity index (χ1n) is 8.01. The molecule has 0 amide bonds. The van der Waals surface area contributed by atoms with Crippen molar-refractivity contribution in [3.63, 3.8) is 0 Å². The summed E-state index contributed by atoms with van der Waals surface area (Å²) in [6, 6.07) is 11.1. The lowest BCUT2D eigenvalue weighted by Crippen LogP contribution is -2.38. The van der Waals surface area contributed by atoms with Crippen LogP contribution in [0, 0.1) is 5.92 Å². The van der Waals surface area contributed by atoms with Crippen molar-refractivity contribution in [2.24, 2.45) is 5.92 Å². The van der Waals surface area contributed by atoms with Crippen molar-refractivity contribution in [3.05, 3.63) is 35.9 Å². The molecule has 1 heterocycles. The largest absolute Gasteiger partial charge is 0.390 e. The Morgan fingerprint density at radius 2 is 1.85 bits per heavy atom. The van der Waals surface area contributed by atoms with Gasteiger partial charge in [-0.05, 0) is 50.3 Å². The van der Waals surface area contributed by atoms with Crippen LogP contribution < -0.4 is 5.32 Å². The number of hydrogen-bond donors (Lipinski definition) is 2. The fraction of sp³-hybridized carbons (Fsp3) is 0.647. The second-order valence-electron chi connectivity index (χ2n) is 6.30. The van der Waals surface area contributed by atoms with E-state index < -0.39 is 0 Å². The van der Waals surface area contributed by atoms with E-state index in [1.807, 2.05) is 0 Å². The number of likely N-dealkylation sites (tertiary alicyclic amines) is 1. The molecule has 3 rings (SSSR count). The van der Waals surface area contributed by atoms with E-state index in [0.717, 1.165) is 25.6 Å². The fourth-order valence-electron chi connectivity index (χ4n) is 3.24. The molecule has 1 aromatic rings. The van der Waals surface area contributed by atoms with Crippen molar-refractivity contribution < 1.29 is 5.11 Å². The Morgan fingerprint density at radius 1 is 1.15 bits per heavy atom. The number of β-amino-alcohol motifs (C(OH)–C–C–N with tert-alkyl or cyclic N) is 1. The van der Waals surface area contributed by atoms with Crippen LogP contribution in [0.2, 0.25) is 0 Å². The van der Waals surface area contributed by atoms with E-state index in [9.17, 15) is 5.11 Å². The minimum atomic E-state index is -0.252. The van der Waals surface area contributed by atoms with Crippen molar-refractivity contribution in [2.45, 2.75) is 37.8 Å². The minimum Gasteiger partial charge on any atom is -0.390 e. The van der Waals surface area contributed by atoms with Gasteiger partial charge in [0.1, 0.15) is 0 Å². The molecule has 0 aromatic heterocycles. The van der Waals surface area contributed by atoms with Crippen LogP contribution in [0.4, 0.5) is 0 Å². The first-order chi connectivity index (χ1) is 9.83. The predicted molar refractivity (Wildman–Crippen MR) is 81.6 cm³/mol. The number of aliphatic hydroxyl groups is 1. The third kappa shape index (κ3) is 3.81. The Labute approximate surface area is 122 Å². The number of hydrogen-bond acceptors (Lipinski definition) is 3. The van der Waals surface area contributed by atoms with Crippen LogP contribution in [0.5, 0.6) is 0 Å². The highest BCUT2D eigenvalue weighted by Gasteiger charge is 2.32. The zero-order valence-corrected chi connectivity index (χ0v) is 12.2. The van der Waals surface area contributed by atoms with E-state index in [1.165, 1.54) is 31.2 Å². The predicted octanol–water partition coefficient (Wildman–Crippen LogP) is 2.18. The van der Waals surface area contributed by atoms with Gasteiger partial charge in [0.2, 0.25) is 0 Å². The van der Waals surface area contributed by atoms with Gasteiger partial charge in [-0.1, -0.05) is 30.3 Å². The number of nitrogens with zero attached hydrogens (tertiary/aromatic N) is 1. The Hall–Kier alpha value is -0.900. The molecule has 1 aliphatic carbocycles. The molecule has 2 N–H and O–H groups in total. The molecule has 1 saturated heterocycles. The van der Waals surface area contributed by atoms with Crippen LogP contribution in [-0.2, 0) is 0 Å². The number of aliphatic hydroxyl groups excluding tert-OH is 1. The maximum atomic E-state index is 10.2. The lowest BCUT2D eigenvalue weighted by molar-refractivity contribution is 0.119. The van der Waals surface area contributed by atoms with E-state index in [1.54, 1.807) is 0 Å². The first kappa shape index (κ1) is 14.1. The molecule has 110 valence electrons. The van der Waals surface area contributed by atoms with Crippen LogP contribution in [0.1, 0.15) is 37.3 Å². The summed E-state index contributed by atoms with van der Waals surface area (Å²) in [5.74, 6) is 0.761. The zero-order chi connectivity index (χ0) is 13.8. The van der Waals surface area contributed by atoms with Crippen molar-refractivity contribution in [2.75, 3.05) is 26.2 Å². The summed E-state index contributed by atoms with van der Waals surface area (Å²) in [5.41, 5.74) is 1.36. The summed E-state index contributed by atoms with van der Waals surface area (Å²) in [4.78, 5) is 2.38. The van der Waals surface area contributed by atoms with Gasteiger partial charge in [0.25, 0.3) is 0 Å². The summed E-state index contributed by atoms with van der Waals surface area (Å²) < 4.78 is 0. The highest BCUT2D eigenvalue weighted by molar-refractivity contribution is 5.21. The molecule has 3 heteroatoms. The second kappa shape index (κ2) is 6.70. The monoisotopic (exact) mass is 274 g/mol. The Morgan fingerprint density at radius 3 is 2.50 bits per heavy atom. The Balaban J connectivity index is 1.49. The normalized spacial score (nSPS) is 22.9. The zero-order valence-electron chi connectivity index (χ0n) is 12.2. The molecule has 0 spiro atoms. The van der Waals surface area contributed by atoms with Gasteiger partial charge in [0.15, 0.2) is 0 Å². The smallest absolute Gasteiger partial charge is 0.0791 e. The minimum absolute atomic E-state index is 0.252. The highest BCUT2D eigenvalue weighted by atomic mass is 16.3. The SMILES string of the molecule is OC(CNC(c1ccccc1)C1CC1)CN1CCCC1. The van der Waals surface area contributed by atoms with Gasteiger partial charge in [-0.2, -0.15) is 0 Å². The van der Waals surface area contributed by atoms with E-state index in [2.05, 4.69) is 40.5 Å². The van der Waals surface area contributed by atoms with Gasteiger partial charge >= 0.3 is 0 Å². The molecule has 2 fully saturated rings. The van der Waals surface area contributed by atoms with Gasteiger partial charge in [-0.15, -0.1) is 0 Å². The van der Waals surface area contributed by atoms with Crippen molar-refractivity contribution in [1.82, 2.24) is 10.2 Å². The highest BCUT2D eigenvalue weighted by Crippen LogP contribution is 2.40. The standard InChI is InChI=1S/C17H26N2O/c20-16(13-19-10-4-5-11-19)12-18-17(15-8-9-15)14-6-2-1-3-7-14/h1-3,6-7,15-18,20H,4-5,8-13H2. The molecular weight excluding hydrogens is 248 g/mol. The lowest BCUT2D eigenvalue weighted by atomic mass is 10.0. The summed E-state index contributed by atoms with van der Waals surface area (Å²) in [5, 5.41) is 13.8. The van der Waals surface area contributed by atoms with Crippen LogP contribution in [-0.4, -0.2) is 42.3 Å². The molecule has 0 bridgehead atoms. The lowest BCUT2D eigenvalue weighted by Gasteiger charge is -2.23. The maximum Gasteiger partial charge on any atom is 0.0791 e. The van der Waals surface area contributed by atoms with Crippen LogP contribution in [0.3, 0.4) is 0 Å². The number of nitrogens with one attached hydrogen (secondary N) is 1. The molecule has 1 aliphatic heterocycles. The summed E-state index contributed by atoms with van der Waals surface area (Å²) in [6.07, 6.45) is 4.95.